The number of carbonyl (C=O) groups is 1. The van der Waals surface area contributed by atoms with Gasteiger partial charge in [-0.15, -0.1) is 0 Å². The zero-order valence-electron chi connectivity index (χ0n) is 7.76. The minimum absolute atomic E-state index is 0.118. The van der Waals surface area contributed by atoms with Gasteiger partial charge >= 0.3 is 5.97 Å². The molecule has 0 aromatic rings. The van der Waals surface area contributed by atoms with Gasteiger partial charge in [-0.3, -0.25) is 4.79 Å². The molecule has 0 spiro atoms. The molecule has 0 radical (unpaired) electrons. The third-order valence-corrected chi connectivity index (χ3v) is 3.82. The van der Waals surface area contributed by atoms with Crippen LogP contribution in [0.1, 0.15) is 19.8 Å². The SMILES string of the molecule is CCCC(C(=O)O)S(C)(C)C. The van der Waals surface area contributed by atoms with E-state index in [1.165, 1.54) is 0 Å². The molecular formula is C8H18O2S. The maximum Gasteiger partial charge on any atom is 0.315 e. The molecule has 1 atom stereocenters. The highest BCUT2D eigenvalue weighted by Gasteiger charge is 2.25. The monoisotopic (exact) mass is 178 g/mol. The third kappa shape index (κ3) is 3.65. The summed E-state index contributed by atoms with van der Waals surface area (Å²) in [5, 5.41) is 8.74. The molecule has 0 aliphatic rings. The summed E-state index contributed by atoms with van der Waals surface area (Å²) in [6.45, 7) is 2.03. The minimum atomic E-state index is -0.926. The van der Waals surface area contributed by atoms with E-state index in [4.69, 9.17) is 5.11 Å². The lowest BCUT2D eigenvalue weighted by Gasteiger charge is -2.32. The zero-order chi connectivity index (χ0) is 9.07. The molecule has 1 unspecified atom stereocenters. The Morgan fingerprint density at radius 2 is 1.91 bits per heavy atom. The van der Waals surface area contributed by atoms with E-state index in [0.717, 1.165) is 12.8 Å². The van der Waals surface area contributed by atoms with E-state index < -0.39 is 16.0 Å². The molecule has 0 rings (SSSR count). The largest absolute Gasteiger partial charge is 0.480 e. The van der Waals surface area contributed by atoms with Crippen LogP contribution in [0.3, 0.4) is 0 Å². The van der Waals surface area contributed by atoms with E-state index >= 15 is 0 Å². The summed E-state index contributed by atoms with van der Waals surface area (Å²) in [4.78, 5) is 10.8. The van der Waals surface area contributed by atoms with Crippen LogP contribution in [0.15, 0.2) is 0 Å². The minimum Gasteiger partial charge on any atom is -0.480 e. The fraction of sp³-hybridized carbons (Fsp3) is 0.875. The smallest absolute Gasteiger partial charge is 0.315 e. The van der Waals surface area contributed by atoms with Crippen LogP contribution in [-0.4, -0.2) is 35.1 Å². The van der Waals surface area contributed by atoms with Crippen LogP contribution in [0.5, 0.6) is 0 Å². The number of carboxylic acid groups (broad SMARTS) is 1. The van der Waals surface area contributed by atoms with Gasteiger partial charge in [0.1, 0.15) is 0 Å². The lowest BCUT2D eigenvalue weighted by Crippen LogP contribution is -2.25. The molecule has 0 saturated heterocycles. The summed E-state index contributed by atoms with van der Waals surface area (Å²) in [6, 6.07) is 0. The van der Waals surface area contributed by atoms with Gasteiger partial charge in [-0.05, 0) is 25.2 Å². The highest BCUT2D eigenvalue weighted by molar-refractivity contribution is 8.33. The second kappa shape index (κ2) is 4.00. The Hall–Kier alpha value is -0.180. The molecule has 3 heteroatoms. The van der Waals surface area contributed by atoms with Gasteiger partial charge in [0.2, 0.25) is 0 Å². The maximum absolute atomic E-state index is 10.8. The lowest BCUT2D eigenvalue weighted by atomic mass is 10.2. The molecule has 0 aliphatic carbocycles. The first kappa shape index (κ1) is 10.8. The molecule has 0 amide bonds. The first-order chi connectivity index (χ1) is 4.89. The van der Waals surface area contributed by atoms with Gasteiger partial charge in [0, 0.05) is 0 Å². The molecule has 0 aromatic heterocycles. The first-order valence-corrected chi connectivity index (χ1v) is 6.71. The molecule has 0 heterocycles. The van der Waals surface area contributed by atoms with Crippen molar-refractivity contribution in [3.63, 3.8) is 0 Å². The van der Waals surface area contributed by atoms with E-state index in [1.54, 1.807) is 0 Å². The van der Waals surface area contributed by atoms with Crippen LogP contribution < -0.4 is 0 Å². The molecule has 0 saturated carbocycles. The van der Waals surface area contributed by atoms with Crippen molar-refractivity contribution in [2.24, 2.45) is 0 Å². The number of hydrogen-bond acceptors (Lipinski definition) is 1. The number of aliphatic carboxylic acids is 1. The lowest BCUT2D eigenvalue weighted by molar-refractivity contribution is -0.136. The Balaban J connectivity index is 4.22. The van der Waals surface area contributed by atoms with Crippen molar-refractivity contribution < 1.29 is 9.90 Å². The van der Waals surface area contributed by atoms with E-state index in [0.29, 0.717) is 0 Å². The van der Waals surface area contributed by atoms with E-state index in [2.05, 4.69) is 18.8 Å². The highest BCUT2D eigenvalue weighted by Crippen LogP contribution is 2.43. The predicted molar refractivity (Wildman–Crippen MR) is 51.7 cm³/mol. The number of rotatable bonds is 4. The molecule has 11 heavy (non-hydrogen) atoms. The third-order valence-electron chi connectivity index (χ3n) is 1.68. The Labute approximate surface area is 70.3 Å². The van der Waals surface area contributed by atoms with Crippen molar-refractivity contribution in [2.75, 3.05) is 18.8 Å². The van der Waals surface area contributed by atoms with Crippen LogP contribution in [-0.2, 0) is 4.79 Å². The van der Waals surface area contributed by atoms with Gasteiger partial charge in [0.05, 0.1) is 5.25 Å². The zero-order valence-corrected chi connectivity index (χ0v) is 8.57. The quantitative estimate of drug-likeness (QED) is 0.714. The van der Waals surface area contributed by atoms with Crippen molar-refractivity contribution in [1.29, 1.82) is 0 Å². The molecular weight excluding hydrogens is 160 g/mol. The molecule has 0 aliphatic heterocycles. The van der Waals surface area contributed by atoms with Crippen molar-refractivity contribution >= 4 is 16.0 Å². The standard InChI is InChI=1S/C8H18O2S/c1-5-6-7(8(9)10)11(2,3)4/h7H,5-6H2,1-4H3,(H,9,10). The Bertz CT molecular complexity index is 138. The second-order valence-electron chi connectivity index (χ2n) is 3.55. The summed E-state index contributed by atoms with van der Waals surface area (Å²) in [5.41, 5.74) is 0. The van der Waals surface area contributed by atoms with Crippen molar-refractivity contribution in [2.45, 2.75) is 25.0 Å². The summed E-state index contributed by atoms with van der Waals surface area (Å²) in [6.07, 6.45) is 7.94. The summed E-state index contributed by atoms with van der Waals surface area (Å²) in [5.74, 6) is -0.630. The Morgan fingerprint density at radius 3 is 2.00 bits per heavy atom. The normalized spacial score (nSPS) is 16.0. The molecule has 1 N–H and O–H groups in total. The van der Waals surface area contributed by atoms with E-state index in [-0.39, 0.29) is 5.25 Å². The summed E-state index contributed by atoms with van der Waals surface area (Å²) < 4.78 is 0. The fourth-order valence-corrected chi connectivity index (χ4v) is 2.59. The Kier molecular flexibility index (Phi) is 3.93. The number of hydrogen-bond donors (Lipinski definition) is 1. The highest BCUT2D eigenvalue weighted by atomic mass is 32.3. The van der Waals surface area contributed by atoms with E-state index in [1.807, 2.05) is 6.92 Å². The molecule has 68 valence electrons. The number of carboxylic acids is 1. The van der Waals surface area contributed by atoms with Gasteiger partial charge in [-0.2, -0.15) is 0 Å². The van der Waals surface area contributed by atoms with Crippen LogP contribution in [0.25, 0.3) is 0 Å². The van der Waals surface area contributed by atoms with Gasteiger partial charge in [-0.25, -0.2) is 10.0 Å². The van der Waals surface area contributed by atoms with Gasteiger partial charge in [0.25, 0.3) is 0 Å². The molecule has 0 aromatic carbocycles. The fourth-order valence-electron chi connectivity index (χ4n) is 1.04. The van der Waals surface area contributed by atoms with Crippen LogP contribution in [0.2, 0.25) is 0 Å². The van der Waals surface area contributed by atoms with Gasteiger partial charge in [0.15, 0.2) is 0 Å². The average molecular weight is 178 g/mol. The van der Waals surface area contributed by atoms with Crippen LogP contribution >= 0.6 is 10.0 Å². The summed E-state index contributed by atoms with van der Waals surface area (Å²) in [7, 11) is -0.926. The topological polar surface area (TPSA) is 37.3 Å². The summed E-state index contributed by atoms with van der Waals surface area (Å²) >= 11 is 0. The van der Waals surface area contributed by atoms with Crippen molar-refractivity contribution in [3.8, 4) is 0 Å². The maximum atomic E-state index is 10.8. The van der Waals surface area contributed by atoms with Crippen molar-refractivity contribution in [1.82, 2.24) is 0 Å². The van der Waals surface area contributed by atoms with Crippen molar-refractivity contribution in [3.05, 3.63) is 0 Å². The first-order valence-electron chi connectivity index (χ1n) is 3.79. The predicted octanol–water partition coefficient (Wildman–Crippen LogP) is 1.93. The van der Waals surface area contributed by atoms with Gasteiger partial charge in [-0.1, -0.05) is 13.3 Å². The van der Waals surface area contributed by atoms with E-state index in [9.17, 15) is 4.79 Å². The van der Waals surface area contributed by atoms with Crippen LogP contribution in [0, 0.1) is 0 Å². The van der Waals surface area contributed by atoms with Crippen LogP contribution in [0.4, 0.5) is 0 Å². The molecule has 0 fully saturated rings. The molecule has 0 bridgehead atoms. The Morgan fingerprint density at radius 1 is 1.45 bits per heavy atom. The molecule has 2 nitrogen and oxygen atoms in total. The van der Waals surface area contributed by atoms with Gasteiger partial charge < -0.3 is 5.11 Å². The second-order valence-corrected chi connectivity index (χ2v) is 7.98. The average Bonchev–Trinajstić information content (AvgIpc) is 1.79.